The highest BCUT2D eigenvalue weighted by atomic mass is 32.1. The van der Waals surface area contributed by atoms with Crippen LogP contribution in [0.1, 0.15) is 39.2 Å². The SMILES string of the molecule is Cn1cc(C=CC(=O)NC(=S)Nc2sc3c(c2C(N)=O)CCCC3)cn1. The molecule has 0 spiro atoms. The Morgan fingerprint density at radius 1 is 1.38 bits per heavy atom. The van der Waals surface area contributed by atoms with Crippen LogP contribution in [0.5, 0.6) is 0 Å². The molecule has 2 aromatic heterocycles. The number of amides is 2. The van der Waals surface area contributed by atoms with Crippen molar-refractivity contribution >= 4 is 51.6 Å². The molecule has 4 N–H and O–H groups in total. The second kappa shape index (κ2) is 7.79. The van der Waals surface area contributed by atoms with E-state index in [4.69, 9.17) is 18.0 Å². The number of carbonyl (C=O) groups is 2. The van der Waals surface area contributed by atoms with Crippen molar-refractivity contribution in [3.8, 4) is 0 Å². The van der Waals surface area contributed by atoms with Crippen LogP contribution in [0.2, 0.25) is 0 Å². The average Bonchev–Trinajstić information content (AvgIpc) is 3.15. The van der Waals surface area contributed by atoms with E-state index in [1.54, 1.807) is 30.2 Å². The molecule has 0 fully saturated rings. The number of fused-ring (bicyclic) bond motifs is 1. The molecule has 3 rings (SSSR count). The minimum absolute atomic E-state index is 0.131. The molecule has 1 aliphatic rings. The second-order valence-electron chi connectivity index (χ2n) is 6.00. The van der Waals surface area contributed by atoms with Crippen LogP contribution in [0.4, 0.5) is 5.00 Å². The third-order valence-corrected chi connectivity index (χ3v) is 5.44. The first-order valence-corrected chi connectivity index (χ1v) is 9.39. The fourth-order valence-electron chi connectivity index (χ4n) is 2.90. The third-order valence-electron chi connectivity index (χ3n) is 4.03. The summed E-state index contributed by atoms with van der Waals surface area (Å²) >= 11 is 6.67. The number of nitrogens with zero attached hydrogens (tertiary/aromatic N) is 2. The number of hydrogen-bond acceptors (Lipinski definition) is 5. The van der Waals surface area contributed by atoms with Crippen molar-refractivity contribution < 1.29 is 9.59 Å². The molecule has 7 nitrogen and oxygen atoms in total. The van der Waals surface area contributed by atoms with Gasteiger partial charge in [0.15, 0.2) is 5.11 Å². The molecule has 0 aromatic carbocycles. The topological polar surface area (TPSA) is 102 Å². The van der Waals surface area contributed by atoms with Gasteiger partial charge in [0.1, 0.15) is 5.00 Å². The molecular weight excluding hydrogens is 370 g/mol. The number of aryl methyl sites for hydroxylation is 2. The van der Waals surface area contributed by atoms with Crippen LogP contribution in [0.3, 0.4) is 0 Å². The number of thiophene rings is 1. The van der Waals surface area contributed by atoms with E-state index in [1.165, 1.54) is 17.4 Å². The summed E-state index contributed by atoms with van der Waals surface area (Å²) in [6.07, 6.45) is 10.4. The maximum absolute atomic E-state index is 12.0. The van der Waals surface area contributed by atoms with Gasteiger partial charge in [-0.3, -0.25) is 19.6 Å². The highest BCUT2D eigenvalue weighted by molar-refractivity contribution is 7.80. The van der Waals surface area contributed by atoms with Crippen molar-refractivity contribution in [2.45, 2.75) is 25.7 Å². The van der Waals surface area contributed by atoms with E-state index in [9.17, 15) is 9.59 Å². The zero-order valence-corrected chi connectivity index (χ0v) is 15.9. The number of rotatable bonds is 4. The van der Waals surface area contributed by atoms with Gasteiger partial charge in [-0.1, -0.05) is 0 Å². The van der Waals surface area contributed by atoms with Gasteiger partial charge in [-0.15, -0.1) is 11.3 Å². The van der Waals surface area contributed by atoms with Crippen molar-refractivity contribution in [2.24, 2.45) is 12.8 Å². The Kier molecular flexibility index (Phi) is 5.48. The lowest BCUT2D eigenvalue weighted by Crippen LogP contribution is -2.33. The number of hydrogen-bond donors (Lipinski definition) is 3. The molecule has 2 amide bonds. The highest BCUT2D eigenvalue weighted by Gasteiger charge is 2.24. The predicted octanol–water partition coefficient (Wildman–Crippen LogP) is 1.99. The number of nitrogens with two attached hydrogens (primary N) is 1. The lowest BCUT2D eigenvalue weighted by Gasteiger charge is -2.11. The smallest absolute Gasteiger partial charge is 0.251 e. The van der Waals surface area contributed by atoms with Crippen LogP contribution >= 0.6 is 23.6 Å². The van der Waals surface area contributed by atoms with Crippen LogP contribution in [0, 0.1) is 0 Å². The number of aromatic nitrogens is 2. The summed E-state index contributed by atoms with van der Waals surface area (Å²) in [5.74, 6) is -0.842. The third kappa shape index (κ3) is 4.17. The molecular formula is C17H19N5O2S2. The summed E-state index contributed by atoms with van der Waals surface area (Å²) in [5.41, 5.74) is 7.87. The van der Waals surface area contributed by atoms with Gasteiger partial charge in [-0.05, 0) is 49.5 Å². The number of anilines is 1. The monoisotopic (exact) mass is 389 g/mol. The standard InChI is InChI=1S/C17H19N5O2S2/c1-22-9-10(8-19-22)6-7-13(23)20-17(25)21-16-14(15(18)24)11-4-2-3-5-12(11)26-16/h6-9H,2-5H2,1H3,(H2,18,24)(H2,20,21,23,25). The van der Waals surface area contributed by atoms with Gasteiger partial charge >= 0.3 is 0 Å². The summed E-state index contributed by atoms with van der Waals surface area (Å²) in [6.45, 7) is 0. The quantitative estimate of drug-likeness (QED) is 0.548. The molecule has 2 aromatic rings. The fraction of sp³-hybridized carbons (Fsp3) is 0.294. The fourth-order valence-corrected chi connectivity index (χ4v) is 4.47. The highest BCUT2D eigenvalue weighted by Crippen LogP contribution is 2.37. The number of nitrogens with one attached hydrogen (secondary N) is 2. The van der Waals surface area contributed by atoms with E-state index in [1.807, 2.05) is 0 Å². The van der Waals surface area contributed by atoms with Gasteiger partial charge in [-0.25, -0.2) is 0 Å². The number of thiocarbonyl (C=S) groups is 1. The first-order valence-electron chi connectivity index (χ1n) is 8.17. The summed E-state index contributed by atoms with van der Waals surface area (Å²) in [7, 11) is 1.80. The van der Waals surface area contributed by atoms with Crippen LogP contribution in [0.25, 0.3) is 6.08 Å². The van der Waals surface area contributed by atoms with Crippen molar-refractivity contribution in [3.05, 3.63) is 40.0 Å². The lowest BCUT2D eigenvalue weighted by molar-refractivity contribution is -0.115. The van der Waals surface area contributed by atoms with Crippen molar-refractivity contribution in [1.29, 1.82) is 0 Å². The molecule has 1 aliphatic carbocycles. The molecule has 0 bridgehead atoms. The van der Waals surface area contributed by atoms with Gasteiger partial charge in [0.2, 0.25) is 5.91 Å². The molecule has 0 aliphatic heterocycles. The average molecular weight is 390 g/mol. The molecule has 0 atom stereocenters. The maximum Gasteiger partial charge on any atom is 0.251 e. The number of carbonyl (C=O) groups excluding carboxylic acids is 2. The Morgan fingerprint density at radius 2 is 2.15 bits per heavy atom. The van der Waals surface area contributed by atoms with Gasteiger partial charge in [-0.2, -0.15) is 5.10 Å². The molecule has 0 saturated carbocycles. The Morgan fingerprint density at radius 3 is 2.85 bits per heavy atom. The zero-order valence-electron chi connectivity index (χ0n) is 14.2. The van der Waals surface area contributed by atoms with E-state index in [-0.39, 0.29) is 11.0 Å². The lowest BCUT2D eigenvalue weighted by atomic mass is 9.95. The first-order chi connectivity index (χ1) is 12.4. The Labute approximate surface area is 160 Å². The van der Waals surface area contributed by atoms with Gasteiger partial charge in [0.05, 0.1) is 11.8 Å². The predicted molar refractivity (Wildman–Crippen MR) is 106 cm³/mol. The largest absolute Gasteiger partial charge is 0.365 e. The van der Waals surface area contributed by atoms with Gasteiger partial charge in [0.25, 0.3) is 5.91 Å². The van der Waals surface area contributed by atoms with E-state index < -0.39 is 5.91 Å². The molecule has 26 heavy (non-hydrogen) atoms. The zero-order chi connectivity index (χ0) is 18.7. The van der Waals surface area contributed by atoms with Gasteiger partial charge < -0.3 is 11.1 Å². The summed E-state index contributed by atoms with van der Waals surface area (Å²) in [4.78, 5) is 25.0. The Hall–Kier alpha value is -2.52. The molecule has 0 radical (unpaired) electrons. The van der Waals surface area contributed by atoms with E-state index in [0.717, 1.165) is 41.7 Å². The van der Waals surface area contributed by atoms with Gasteiger partial charge in [0, 0.05) is 29.8 Å². The Bertz CT molecular complexity index is 897. The van der Waals surface area contributed by atoms with Crippen LogP contribution in [-0.2, 0) is 24.7 Å². The molecule has 0 saturated heterocycles. The summed E-state index contributed by atoms with van der Waals surface area (Å²) < 4.78 is 1.65. The Balaban J connectivity index is 1.66. The summed E-state index contributed by atoms with van der Waals surface area (Å²) in [5, 5.41) is 10.3. The van der Waals surface area contributed by atoms with Crippen LogP contribution < -0.4 is 16.4 Å². The van der Waals surface area contributed by atoms with Crippen molar-refractivity contribution in [2.75, 3.05) is 5.32 Å². The minimum Gasteiger partial charge on any atom is -0.365 e. The molecule has 9 heteroatoms. The summed E-state index contributed by atoms with van der Waals surface area (Å²) in [6, 6.07) is 0. The normalized spacial score (nSPS) is 13.4. The second-order valence-corrected chi connectivity index (χ2v) is 7.52. The maximum atomic E-state index is 12.0. The van der Waals surface area contributed by atoms with Crippen LogP contribution in [-0.4, -0.2) is 26.7 Å². The van der Waals surface area contributed by atoms with Crippen molar-refractivity contribution in [1.82, 2.24) is 15.1 Å². The minimum atomic E-state index is -0.475. The molecule has 2 heterocycles. The van der Waals surface area contributed by atoms with Crippen LogP contribution in [0.15, 0.2) is 18.5 Å². The van der Waals surface area contributed by atoms with E-state index in [2.05, 4.69) is 15.7 Å². The molecule has 0 unspecified atom stereocenters. The van der Waals surface area contributed by atoms with E-state index >= 15 is 0 Å². The first kappa shape index (κ1) is 18.3. The molecule has 136 valence electrons. The van der Waals surface area contributed by atoms with Crippen molar-refractivity contribution in [3.63, 3.8) is 0 Å². The number of primary amides is 1. The van der Waals surface area contributed by atoms with E-state index in [0.29, 0.717) is 10.6 Å².